The minimum Gasteiger partial charge on any atom is -0.481 e. The molecule has 3 rings (SSSR count). The second kappa shape index (κ2) is 7.31. The predicted molar refractivity (Wildman–Crippen MR) is 95.0 cm³/mol. The van der Waals surface area contributed by atoms with E-state index in [2.05, 4.69) is 26.4 Å². The Hall–Kier alpha value is -2.94. The molecule has 0 saturated heterocycles. The second-order valence-corrected chi connectivity index (χ2v) is 6.00. The summed E-state index contributed by atoms with van der Waals surface area (Å²) in [6, 6.07) is 9.64. The Bertz CT molecular complexity index is 848. The molecule has 1 amide bonds. The lowest BCUT2D eigenvalue weighted by molar-refractivity contribution is -0.121. The number of nitrogens with one attached hydrogen (secondary N) is 1. The quantitative estimate of drug-likeness (QED) is 0.752. The number of terminal acetylenes is 1. The summed E-state index contributed by atoms with van der Waals surface area (Å²) in [7, 11) is 1.58. The molecule has 25 heavy (non-hydrogen) atoms. The zero-order chi connectivity index (χ0) is 17.7. The van der Waals surface area contributed by atoms with Gasteiger partial charge in [0.15, 0.2) is 5.66 Å². The normalized spacial score (nSPS) is 14.1. The van der Waals surface area contributed by atoms with Crippen molar-refractivity contribution in [1.29, 1.82) is 0 Å². The number of pyridine rings is 1. The fraction of sp³-hybridized carbons (Fsp3) is 0.368. The third-order valence-electron chi connectivity index (χ3n) is 4.27. The Morgan fingerprint density at radius 3 is 2.84 bits per heavy atom. The van der Waals surface area contributed by atoms with Gasteiger partial charge in [0.25, 0.3) is 0 Å². The highest BCUT2D eigenvalue weighted by atomic mass is 16.5. The summed E-state index contributed by atoms with van der Waals surface area (Å²) in [5.74, 6) is 3.09. The van der Waals surface area contributed by atoms with Crippen molar-refractivity contribution in [3.63, 3.8) is 0 Å². The highest BCUT2D eigenvalue weighted by molar-refractivity contribution is 5.83. The monoisotopic (exact) mass is 336 g/mol. The number of amides is 1. The Labute approximate surface area is 146 Å². The fourth-order valence-corrected chi connectivity index (χ4v) is 2.74. The van der Waals surface area contributed by atoms with E-state index in [1.165, 1.54) is 0 Å². The van der Waals surface area contributed by atoms with Crippen LogP contribution in [0.5, 0.6) is 5.88 Å². The maximum absolute atomic E-state index is 12.2. The van der Waals surface area contributed by atoms with Crippen LogP contribution in [0.3, 0.4) is 0 Å². The molecule has 0 saturated carbocycles. The van der Waals surface area contributed by atoms with Gasteiger partial charge < -0.3 is 10.1 Å². The van der Waals surface area contributed by atoms with E-state index in [1.807, 2.05) is 30.3 Å². The molecule has 1 aliphatic rings. The van der Waals surface area contributed by atoms with E-state index in [4.69, 9.17) is 11.2 Å². The third-order valence-corrected chi connectivity index (χ3v) is 4.27. The first kappa shape index (κ1) is 16.9. The number of hydrogen-bond donors (Lipinski definition) is 1. The lowest BCUT2D eigenvalue weighted by atomic mass is 10.0. The average molecular weight is 336 g/mol. The maximum atomic E-state index is 12.2. The van der Waals surface area contributed by atoms with Gasteiger partial charge in [-0.05, 0) is 11.6 Å². The first-order valence-corrected chi connectivity index (χ1v) is 8.23. The maximum Gasteiger partial charge on any atom is 0.220 e. The first-order valence-electron chi connectivity index (χ1n) is 8.23. The standard InChI is InChI=1S/C19H20N4O2/c1-3-4-10-19(22-23-19)11-9-17(24)20-13-14-12-18(25-2)21-16-8-6-5-7-15(14)16/h1,5-8,12H,4,9-11,13H2,2H3,(H,20,24). The van der Waals surface area contributed by atoms with Crippen LogP contribution in [0.1, 0.15) is 31.2 Å². The molecule has 0 fully saturated rings. The molecule has 2 heterocycles. The number of benzene rings is 1. The molecular formula is C19H20N4O2. The molecule has 0 unspecified atom stereocenters. The Morgan fingerprint density at radius 2 is 2.12 bits per heavy atom. The van der Waals surface area contributed by atoms with Crippen molar-refractivity contribution < 1.29 is 9.53 Å². The molecule has 0 radical (unpaired) electrons. The van der Waals surface area contributed by atoms with E-state index in [0.717, 1.165) is 16.5 Å². The minimum atomic E-state index is -0.420. The summed E-state index contributed by atoms with van der Waals surface area (Å²) >= 11 is 0. The van der Waals surface area contributed by atoms with Crippen molar-refractivity contribution >= 4 is 16.8 Å². The fourth-order valence-electron chi connectivity index (χ4n) is 2.74. The van der Waals surface area contributed by atoms with E-state index < -0.39 is 5.66 Å². The number of carbonyl (C=O) groups is 1. The van der Waals surface area contributed by atoms with Gasteiger partial charge >= 0.3 is 0 Å². The van der Waals surface area contributed by atoms with Crippen LogP contribution in [0.25, 0.3) is 10.9 Å². The van der Waals surface area contributed by atoms with Gasteiger partial charge in [0, 0.05) is 43.7 Å². The predicted octanol–water partition coefficient (Wildman–Crippen LogP) is 3.22. The van der Waals surface area contributed by atoms with Gasteiger partial charge in [-0.3, -0.25) is 4.79 Å². The summed E-state index contributed by atoms with van der Waals surface area (Å²) in [6.07, 6.45) is 7.58. The number of hydrogen-bond acceptors (Lipinski definition) is 5. The molecule has 1 aliphatic heterocycles. The van der Waals surface area contributed by atoms with Crippen LogP contribution in [0, 0.1) is 12.3 Å². The van der Waals surface area contributed by atoms with Gasteiger partial charge in [-0.2, -0.15) is 10.2 Å². The van der Waals surface area contributed by atoms with Crippen LogP contribution in [-0.2, 0) is 11.3 Å². The number of nitrogens with zero attached hydrogens (tertiary/aromatic N) is 3. The molecule has 1 aromatic carbocycles. The smallest absolute Gasteiger partial charge is 0.220 e. The minimum absolute atomic E-state index is 0.0303. The topological polar surface area (TPSA) is 75.9 Å². The van der Waals surface area contributed by atoms with Crippen LogP contribution in [0.2, 0.25) is 0 Å². The number of fused-ring (bicyclic) bond motifs is 1. The van der Waals surface area contributed by atoms with Gasteiger partial charge in [-0.15, -0.1) is 12.3 Å². The second-order valence-electron chi connectivity index (χ2n) is 6.00. The number of aromatic nitrogens is 1. The van der Waals surface area contributed by atoms with Crippen molar-refractivity contribution in [3.05, 3.63) is 35.9 Å². The Morgan fingerprint density at radius 1 is 1.32 bits per heavy atom. The molecule has 2 aromatic rings. The first-order chi connectivity index (χ1) is 12.2. The lowest BCUT2D eigenvalue weighted by Gasteiger charge is -2.11. The van der Waals surface area contributed by atoms with E-state index in [0.29, 0.717) is 38.1 Å². The van der Waals surface area contributed by atoms with Crippen LogP contribution in [-0.4, -0.2) is 23.7 Å². The molecule has 0 atom stereocenters. The van der Waals surface area contributed by atoms with Gasteiger partial charge in [-0.25, -0.2) is 4.98 Å². The van der Waals surface area contributed by atoms with Crippen LogP contribution < -0.4 is 10.1 Å². The zero-order valence-electron chi connectivity index (χ0n) is 14.2. The van der Waals surface area contributed by atoms with E-state index >= 15 is 0 Å². The summed E-state index contributed by atoms with van der Waals surface area (Å²) in [5.41, 5.74) is 1.39. The third kappa shape index (κ3) is 4.13. The highest BCUT2D eigenvalue weighted by Crippen LogP contribution is 2.37. The van der Waals surface area contributed by atoms with Crippen LogP contribution in [0.15, 0.2) is 40.6 Å². The molecule has 128 valence electrons. The Kier molecular flexibility index (Phi) is 4.94. The van der Waals surface area contributed by atoms with E-state index in [9.17, 15) is 4.79 Å². The van der Waals surface area contributed by atoms with Crippen molar-refractivity contribution in [1.82, 2.24) is 10.3 Å². The van der Waals surface area contributed by atoms with Crippen molar-refractivity contribution in [2.75, 3.05) is 7.11 Å². The van der Waals surface area contributed by atoms with Gasteiger partial charge in [-0.1, -0.05) is 18.2 Å². The summed E-state index contributed by atoms with van der Waals surface area (Å²) < 4.78 is 5.24. The van der Waals surface area contributed by atoms with E-state index in [1.54, 1.807) is 7.11 Å². The molecule has 0 bridgehead atoms. The van der Waals surface area contributed by atoms with Crippen molar-refractivity contribution in [3.8, 4) is 18.2 Å². The van der Waals surface area contributed by atoms with E-state index in [-0.39, 0.29) is 5.91 Å². The number of rotatable bonds is 8. The van der Waals surface area contributed by atoms with Crippen LogP contribution in [0.4, 0.5) is 0 Å². The largest absolute Gasteiger partial charge is 0.481 e. The number of ether oxygens (including phenoxy) is 1. The van der Waals surface area contributed by atoms with Gasteiger partial charge in [0.1, 0.15) is 0 Å². The summed E-state index contributed by atoms with van der Waals surface area (Å²) in [5, 5.41) is 12.1. The van der Waals surface area contributed by atoms with Gasteiger partial charge in [0.2, 0.25) is 11.8 Å². The van der Waals surface area contributed by atoms with Crippen LogP contribution >= 0.6 is 0 Å². The Balaban J connectivity index is 1.59. The molecule has 0 spiro atoms. The summed E-state index contributed by atoms with van der Waals surface area (Å²) in [6.45, 7) is 0.421. The summed E-state index contributed by atoms with van der Waals surface area (Å²) in [4.78, 5) is 16.6. The number of methoxy groups -OCH3 is 1. The molecule has 6 heteroatoms. The van der Waals surface area contributed by atoms with Crippen molar-refractivity contribution in [2.24, 2.45) is 10.2 Å². The molecule has 6 nitrogen and oxygen atoms in total. The number of carbonyl (C=O) groups excluding carboxylic acids is 1. The molecule has 1 aromatic heterocycles. The molecular weight excluding hydrogens is 316 g/mol. The molecule has 0 aliphatic carbocycles. The zero-order valence-corrected chi connectivity index (χ0v) is 14.2. The highest BCUT2D eigenvalue weighted by Gasteiger charge is 2.39. The van der Waals surface area contributed by atoms with Gasteiger partial charge in [0.05, 0.1) is 12.6 Å². The lowest BCUT2D eigenvalue weighted by Crippen LogP contribution is -2.25. The number of para-hydroxylation sites is 1. The molecule has 1 N–H and O–H groups in total. The average Bonchev–Trinajstić information content (AvgIpc) is 3.42. The SMILES string of the molecule is C#CCCC1(CCC(=O)NCc2cc(OC)nc3ccccc23)N=N1. The van der Waals surface area contributed by atoms with Crippen molar-refractivity contribution in [2.45, 2.75) is 37.9 Å².